The Morgan fingerprint density at radius 3 is 1.94 bits per heavy atom. The molecule has 0 saturated heterocycles. The summed E-state index contributed by atoms with van der Waals surface area (Å²) in [5.74, 6) is -0.170. The van der Waals surface area contributed by atoms with Crippen LogP contribution in [0, 0.1) is 22.2 Å². The molecule has 0 aliphatic rings. The molecule has 0 bridgehead atoms. The van der Waals surface area contributed by atoms with Crippen LogP contribution in [0.1, 0.15) is 61.3 Å². The van der Waals surface area contributed by atoms with Gasteiger partial charge < -0.3 is 5.32 Å². The molecule has 17 heavy (non-hydrogen) atoms. The lowest BCUT2D eigenvalue weighted by molar-refractivity contribution is -0.129. The smallest absolute Gasteiger partial charge is 0.240 e. The summed E-state index contributed by atoms with van der Waals surface area (Å²) in [5.41, 5.74) is -1.07. The molecule has 0 rings (SSSR count). The monoisotopic (exact) mass is 238 g/mol. The van der Waals surface area contributed by atoms with Gasteiger partial charge in [0, 0.05) is 5.54 Å². The predicted octanol–water partition coefficient (Wildman–Crippen LogP) is 3.26. The molecule has 0 aromatic heterocycles. The third-order valence-corrected chi connectivity index (χ3v) is 2.88. The maximum atomic E-state index is 12.1. The minimum absolute atomic E-state index is 0.145. The Hall–Kier alpha value is -1.04. The van der Waals surface area contributed by atoms with E-state index in [4.69, 9.17) is 5.26 Å². The highest BCUT2D eigenvalue weighted by Gasteiger charge is 2.36. The van der Waals surface area contributed by atoms with E-state index in [0.717, 1.165) is 6.42 Å². The number of nitrogens with one attached hydrogen (secondary N) is 1. The van der Waals surface area contributed by atoms with Gasteiger partial charge in [-0.25, -0.2) is 0 Å². The van der Waals surface area contributed by atoms with Crippen molar-refractivity contribution in [3.63, 3.8) is 0 Å². The molecule has 0 aliphatic heterocycles. The summed E-state index contributed by atoms with van der Waals surface area (Å²) in [5, 5.41) is 12.1. The minimum atomic E-state index is -0.921. The number of amides is 1. The van der Waals surface area contributed by atoms with Crippen molar-refractivity contribution in [1.29, 1.82) is 5.26 Å². The average molecular weight is 238 g/mol. The Labute approximate surface area is 106 Å². The fourth-order valence-corrected chi connectivity index (χ4v) is 2.11. The van der Waals surface area contributed by atoms with Crippen LogP contribution in [0.15, 0.2) is 0 Å². The van der Waals surface area contributed by atoms with Crippen molar-refractivity contribution < 1.29 is 4.79 Å². The van der Waals surface area contributed by atoms with Crippen molar-refractivity contribution in [2.45, 2.75) is 66.8 Å². The van der Waals surface area contributed by atoms with Crippen molar-refractivity contribution in [1.82, 2.24) is 5.32 Å². The lowest BCUT2D eigenvalue weighted by Crippen LogP contribution is -2.50. The molecule has 0 aromatic rings. The molecule has 0 aromatic carbocycles. The van der Waals surface area contributed by atoms with Crippen LogP contribution in [0.2, 0.25) is 0 Å². The Morgan fingerprint density at radius 1 is 1.18 bits per heavy atom. The lowest BCUT2D eigenvalue weighted by atomic mass is 9.80. The number of rotatable bonds is 4. The molecule has 1 unspecified atom stereocenters. The molecule has 0 heterocycles. The van der Waals surface area contributed by atoms with Crippen LogP contribution >= 0.6 is 0 Å². The Morgan fingerprint density at radius 2 is 1.65 bits per heavy atom. The van der Waals surface area contributed by atoms with Crippen LogP contribution in [0.3, 0.4) is 0 Å². The van der Waals surface area contributed by atoms with Gasteiger partial charge in [-0.05, 0) is 39.0 Å². The zero-order chi connectivity index (χ0) is 13.9. The van der Waals surface area contributed by atoms with Gasteiger partial charge in [0.2, 0.25) is 5.91 Å². The van der Waals surface area contributed by atoms with Gasteiger partial charge in [0.25, 0.3) is 0 Å². The minimum Gasteiger partial charge on any atom is -0.350 e. The number of hydrogen-bond acceptors (Lipinski definition) is 2. The number of carbonyl (C=O) groups excluding carboxylic acids is 1. The molecule has 0 radical (unpaired) electrons. The highest BCUT2D eigenvalue weighted by molar-refractivity contribution is 5.85. The number of hydrogen-bond donors (Lipinski definition) is 1. The van der Waals surface area contributed by atoms with Crippen LogP contribution < -0.4 is 5.32 Å². The van der Waals surface area contributed by atoms with E-state index in [9.17, 15) is 4.79 Å². The normalized spacial score (nSPS) is 15.9. The van der Waals surface area contributed by atoms with Gasteiger partial charge in [-0.2, -0.15) is 5.26 Å². The summed E-state index contributed by atoms with van der Waals surface area (Å²) in [7, 11) is 0. The molecule has 0 fully saturated rings. The van der Waals surface area contributed by atoms with Crippen LogP contribution in [-0.2, 0) is 4.79 Å². The fraction of sp³-hybridized carbons (Fsp3) is 0.857. The largest absolute Gasteiger partial charge is 0.350 e. The maximum Gasteiger partial charge on any atom is 0.240 e. The summed E-state index contributed by atoms with van der Waals surface area (Å²) < 4.78 is 0. The molecule has 0 spiro atoms. The van der Waals surface area contributed by atoms with Crippen LogP contribution in [0.25, 0.3) is 0 Å². The first kappa shape index (κ1) is 16.0. The van der Waals surface area contributed by atoms with E-state index in [1.54, 1.807) is 6.92 Å². The number of nitrogens with zero attached hydrogens (tertiary/aromatic N) is 1. The average Bonchev–Trinajstić information content (AvgIpc) is 2.11. The van der Waals surface area contributed by atoms with Crippen LogP contribution in [-0.4, -0.2) is 11.4 Å². The van der Waals surface area contributed by atoms with Gasteiger partial charge >= 0.3 is 0 Å². The first-order valence-electron chi connectivity index (χ1n) is 6.20. The highest BCUT2D eigenvalue weighted by Crippen LogP contribution is 2.28. The second-order valence-electron chi connectivity index (χ2n) is 6.87. The summed E-state index contributed by atoms with van der Waals surface area (Å²) in [6, 6.07) is 2.10. The predicted molar refractivity (Wildman–Crippen MR) is 70.3 cm³/mol. The van der Waals surface area contributed by atoms with E-state index in [-0.39, 0.29) is 16.9 Å². The standard InChI is InChI=1S/C14H26N2O/c1-8-14(7,10-15)11(17)16-13(5,6)9-12(2,3)4/h8-9H2,1-7H3,(H,16,17). The first-order valence-corrected chi connectivity index (χ1v) is 6.20. The van der Waals surface area contributed by atoms with Gasteiger partial charge in [-0.3, -0.25) is 4.79 Å². The Balaban J connectivity index is 4.75. The summed E-state index contributed by atoms with van der Waals surface area (Å²) >= 11 is 0. The van der Waals surface area contributed by atoms with Crippen LogP contribution in [0.4, 0.5) is 0 Å². The Bertz CT molecular complexity index is 320. The summed E-state index contributed by atoms with van der Waals surface area (Å²) in [6.45, 7) is 14.0. The second kappa shape index (κ2) is 5.08. The molecule has 1 atom stereocenters. The third-order valence-electron chi connectivity index (χ3n) is 2.88. The zero-order valence-electron chi connectivity index (χ0n) is 12.3. The molecular formula is C14H26N2O. The van der Waals surface area contributed by atoms with E-state index >= 15 is 0 Å². The second-order valence-corrected chi connectivity index (χ2v) is 6.87. The number of carbonyl (C=O) groups is 1. The van der Waals surface area contributed by atoms with E-state index in [1.165, 1.54) is 0 Å². The lowest BCUT2D eigenvalue weighted by Gasteiger charge is -2.35. The van der Waals surface area contributed by atoms with E-state index < -0.39 is 5.41 Å². The van der Waals surface area contributed by atoms with Gasteiger partial charge in [0.05, 0.1) is 6.07 Å². The summed E-state index contributed by atoms with van der Waals surface area (Å²) in [6.07, 6.45) is 1.40. The van der Waals surface area contributed by atoms with Crippen molar-refractivity contribution in [2.75, 3.05) is 0 Å². The van der Waals surface area contributed by atoms with Crippen LogP contribution in [0.5, 0.6) is 0 Å². The Kier molecular flexibility index (Phi) is 4.77. The number of nitriles is 1. The molecule has 0 aliphatic carbocycles. The summed E-state index contributed by atoms with van der Waals surface area (Å²) in [4.78, 5) is 12.1. The first-order chi connectivity index (χ1) is 7.46. The topological polar surface area (TPSA) is 52.9 Å². The molecule has 1 amide bonds. The molecule has 1 N–H and O–H groups in total. The van der Waals surface area contributed by atoms with Gasteiger partial charge in [-0.15, -0.1) is 0 Å². The van der Waals surface area contributed by atoms with Crippen molar-refractivity contribution in [2.24, 2.45) is 10.8 Å². The molecule has 0 saturated carbocycles. The quantitative estimate of drug-likeness (QED) is 0.817. The fourth-order valence-electron chi connectivity index (χ4n) is 2.11. The molecule has 3 heteroatoms. The highest BCUT2D eigenvalue weighted by atomic mass is 16.2. The van der Waals surface area contributed by atoms with E-state index in [1.807, 2.05) is 20.8 Å². The van der Waals surface area contributed by atoms with Crippen molar-refractivity contribution in [3.8, 4) is 6.07 Å². The van der Waals surface area contributed by atoms with E-state index in [2.05, 4.69) is 32.2 Å². The van der Waals surface area contributed by atoms with Gasteiger partial charge in [-0.1, -0.05) is 27.7 Å². The van der Waals surface area contributed by atoms with E-state index in [0.29, 0.717) is 6.42 Å². The van der Waals surface area contributed by atoms with Crippen molar-refractivity contribution in [3.05, 3.63) is 0 Å². The molecular weight excluding hydrogens is 212 g/mol. The SMILES string of the molecule is CCC(C)(C#N)C(=O)NC(C)(C)CC(C)(C)C. The third kappa shape index (κ3) is 5.21. The maximum absolute atomic E-state index is 12.1. The zero-order valence-corrected chi connectivity index (χ0v) is 12.3. The molecule has 98 valence electrons. The van der Waals surface area contributed by atoms with Gasteiger partial charge in [0.15, 0.2) is 0 Å². The molecule has 3 nitrogen and oxygen atoms in total. The van der Waals surface area contributed by atoms with Gasteiger partial charge in [0.1, 0.15) is 5.41 Å². The van der Waals surface area contributed by atoms with Crippen molar-refractivity contribution >= 4 is 5.91 Å².